The van der Waals surface area contributed by atoms with Gasteiger partial charge in [-0.05, 0) is 34.9 Å². The van der Waals surface area contributed by atoms with Gasteiger partial charge in [0.1, 0.15) is 12.4 Å². The Hall–Kier alpha value is -4.87. The van der Waals surface area contributed by atoms with E-state index < -0.39 is 17.4 Å². The minimum absolute atomic E-state index is 0.0542. The van der Waals surface area contributed by atoms with E-state index in [2.05, 4.69) is 17.5 Å². The van der Waals surface area contributed by atoms with Crippen molar-refractivity contribution in [2.75, 3.05) is 5.32 Å². The molecular weight excluding hydrogens is 458 g/mol. The van der Waals surface area contributed by atoms with Crippen LogP contribution in [0.4, 0.5) is 5.69 Å². The van der Waals surface area contributed by atoms with E-state index >= 15 is 0 Å². The number of Topliss-reactive ketones (excluding diaryl/α,β-unsaturated/α-hetero) is 1. The topological polar surface area (TPSA) is 85.9 Å². The van der Waals surface area contributed by atoms with Crippen molar-refractivity contribution in [1.82, 2.24) is 0 Å². The maximum absolute atomic E-state index is 13.3. The molecule has 0 amide bonds. The van der Waals surface area contributed by atoms with Crippen molar-refractivity contribution in [3.05, 3.63) is 131 Å². The number of para-hydroxylation sites is 1. The highest BCUT2D eigenvalue weighted by atomic mass is 16.5. The minimum atomic E-state index is -1.49. The molecule has 5 rings (SSSR count). The lowest BCUT2D eigenvalue weighted by Crippen LogP contribution is -2.42. The van der Waals surface area contributed by atoms with Crippen LogP contribution < -0.4 is 10.1 Å². The van der Waals surface area contributed by atoms with E-state index in [-0.39, 0.29) is 12.2 Å². The first kappa shape index (κ1) is 23.9. The van der Waals surface area contributed by atoms with Gasteiger partial charge in [0.15, 0.2) is 11.2 Å². The second-order valence-electron chi connectivity index (χ2n) is 9.15. The molecule has 4 aromatic carbocycles. The van der Waals surface area contributed by atoms with E-state index in [1.54, 1.807) is 12.1 Å². The van der Waals surface area contributed by atoms with Gasteiger partial charge in [0, 0.05) is 23.6 Å². The Labute approximate surface area is 216 Å². The number of rotatable bonds is 7. The van der Waals surface area contributed by atoms with Crippen LogP contribution in [0.1, 0.15) is 45.4 Å². The molecule has 0 bridgehead atoms. The van der Waals surface area contributed by atoms with Gasteiger partial charge in [-0.15, -0.1) is 0 Å². The lowest BCUT2D eigenvalue weighted by Gasteiger charge is -2.42. The Morgan fingerprint density at radius 3 is 2.11 bits per heavy atom. The molecule has 0 spiro atoms. The SMILES string of the molecule is N#CC1(C#N)[C@H](CC(=O)c2ccccc2)c2ccccc2N[C@H]1c1ccc(OCc2ccccc2)cc1. The Bertz CT molecular complexity index is 1450. The molecule has 0 aliphatic carbocycles. The van der Waals surface area contributed by atoms with Crippen molar-refractivity contribution in [3.8, 4) is 17.9 Å². The third kappa shape index (κ3) is 4.68. The normalized spacial score (nSPS) is 17.4. The minimum Gasteiger partial charge on any atom is -0.489 e. The summed E-state index contributed by atoms with van der Waals surface area (Å²) in [5.74, 6) is -0.00798. The second kappa shape index (κ2) is 10.4. The smallest absolute Gasteiger partial charge is 0.175 e. The maximum Gasteiger partial charge on any atom is 0.175 e. The maximum atomic E-state index is 13.3. The molecule has 1 aliphatic heterocycles. The van der Waals surface area contributed by atoms with Gasteiger partial charge in [0.25, 0.3) is 0 Å². The first-order valence-corrected chi connectivity index (χ1v) is 12.2. The number of hydrogen-bond acceptors (Lipinski definition) is 5. The Balaban J connectivity index is 1.47. The molecule has 5 heteroatoms. The monoisotopic (exact) mass is 483 g/mol. The number of carbonyl (C=O) groups is 1. The third-order valence-corrected chi connectivity index (χ3v) is 6.96. The number of ketones is 1. The van der Waals surface area contributed by atoms with Crippen LogP contribution in [0, 0.1) is 28.1 Å². The molecule has 0 fully saturated rings. The van der Waals surface area contributed by atoms with Gasteiger partial charge in [0.2, 0.25) is 0 Å². The van der Waals surface area contributed by atoms with Gasteiger partial charge >= 0.3 is 0 Å². The zero-order valence-electron chi connectivity index (χ0n) is 20.2. The van der Waals surface area contributed by atoms with Gasteiger partial charge in [-0.1, -0.05) is 91.0 Å². The van der Waals surface area contributed by atoms with Crippen LogP contribution in [-0.4, -0.2) is 5.78 Å². The highest BCUT2D eigenvalue weighted by molar-refractivity contribution is 5.97. The molecule has 1 heterocycles. The van der Waals surface area contributed by atoms with E-state index in [0.717, 1.165) is 22.4 Å². The largest absolute Gasteiger partial charge is 0.489 e. The summed E-state index contributed by atoms with van der Waals surface area (Å²) in [6.07, 6.45) is 0.0542. The molecule has 2 atom stereocenters. The van der Waals surface area contributed by atoms with Crippen LogP contribution in [0.2, 0.25) is 0 Å². The molecule has 0 unspecified atom stereocenters. The number of nitriles is 2. The van der Waals surface area contributed by atoms with Gasteiger partial charge in [0.05, 0.1) is 18.2 Å². The summed E-state index contributed by atoms with van der Waals surface area (Å²) in [6.45, 7) is 0.444. The summed E-state index contributed by atoms with van der Waals surface area (Å²) in [4.78, 5) is 13.3. The summed E-state index contributed by atoms with van der Waals surface area (Å²) in [5, 5.41) is 24.4. The fraction of sp³-hybridized carbons (Fsp3) is 0.156. The number of benzene rings is 4. The molecule has 0 aromatic heterocycles. The summed E-state index contributed by atoms with van der Waals surface area (Å²) in [5.41, 5.74) is 2.54. The quantitative estimate of drug-likeness (QED) is 0.291. The van der Waals surface area contributed by atoms with Crippen molar-refractivity contribution >= 4 is 11.5 Å². The van der Waals surface area contributed by atoms with E-state index in [9.17, 15) is 15.3 Å². The van der Waals surface area contributed by atoms with Crippen LogP contribution in [0.15, 0.2) is 109 Å². The molecule has 1 aliphatic rings. The molecule has 4 aromatic rings. The molecular formula is C32H25N3O2. The van der Waals surface area contributed by atoms with E-state index in [4.69, 9.17) is 4.74 Å². The second-order valence-corrected chi connectivity index (χ2v) is 9.15. The summed E-state index contributed by atoms with van der Waals surface area (Å²) in [6, 6.07) is 38.0. The van der Waals surface area contributed by atoms with Crippen molar-refractivity contribution in [2.45, 2.75) is 25.0 Å². The van der Waals surface area contributed by atoms with Gasteiger partial charge in [-0.25, -0.2) is 0 Å². The zero-order valence-corrected chi connectivity index (χ0v) is 20.2. The van der Waals surface area contributed by atoms with E-state index in [1.807, 2.05) is 97.1 Å². The fourth-order valence-corrected chi connectivity index (χ4v) is 5.00. The van der Waals surface area contributed by atoms with Gasteiger partial charge in [-0.2, -0.15) is 10.5 Å². The molecule has 37 heavy (non-hydrogen) atoms. The predicted molar refractivity (Wildman–Crippen MR) is 142 cm³/mol. The van der Waals surface area contributed by atoms with Crippen LogP contribution in [0.25, 0.3) is 0 Å². The van der Waals surface area contributed by atoms with Crippen molar-refractivity contribution in [1.29, 1.82) is 10.5 Å². The molecule has 0 saturated heterocycles. The summed E-state index contributed by atoms with van der Waals surface area (Å²) < 4.78 is 5.92. The van der Waals surface area contributed by atoms with Gasteiger partial charge in [-0.3, -0.25) is 4.79 Å². The summed E-state index contributed by atoms with van der Waals surface area (Å²) in [7, 11) is 0. The molecule has 0 saturated carbocycles. The molecule has 5 nitrogen and oxygen atoms in total. The number of nitrogens with zero attached hydrogens (tertiary/aromatic N) is 2. The number of carbonyl (C=O) groups excluding carboxylic acids is 1. The predicted octanol–water partition coefficient (Wildman–Crippen LogP) is 6.82. The highest BCUT2D eigenvalue weighted by Gasteiger charge is 2.52. The number of hydrogen-bond donors (Lipinski definition) is 1. The highest BCUT2D eigenvalue weighted by Crippen LogP contribution is 2.54. The van der Waals surface area contributed by atoms with Gasteiger partial charge < -0.3 is 10.1 Å². The van der Waals surface area contributed by atoms with E-state index in [0.29, 0.717) is 17.9 Å². The number of anilines is 1. The lowest BCUT2D eigenvalue weighted by atomic mass is 9.63. The molecule has 180 valence electrons. The molecule has 1 N–H and O–H groups in total. The fourth-order valence-electron chi connectivity index (χ4n) is 5.00. The number of fused-ring (bicyclic) bond motifs is 1. The van der Waals surface area contributed by atoms with Crippen LogP contribution in [-0.2, 0) is 6.61 Å². The lowest BCUT2D eigenvalue weighted by molar-refractivity contribution is 0.0957. The first-order valence-electron chi connectivity index (χ1n) is 12.2. The zero-order chi connectivity index (χ0) is 25.7. The molecule has 0 radical (unpaired) electrons. The Morgan fingerprint density at radius 1 is 0.811 bits per heavy atom. The Kier molecular flexibility index (Phi) is 6.70. The summed E-state index contributed by atoms with van der Waals surface area (Å²) >= 11 is 0. The third-order valence-electron chi connectivity index (χ3n) is 6.96. The Morgan fingerprint density at radius 2 is 1.43 bits per heavy atom. The average molecular weight is 484 g/mol. The first-order chi connectivity index (χ1) is 18.1. The van der Waals surface area contributed by atoms with Crippen LogP contribution >= 0.6 is 0 Å². The standard InChI is InChI=1S/C32H25N3O2/c33-21-32(22-34)28(19-30(36)24-11-5-2-6-12-24)27-13-7-8-14-29(27)35-31(32)25-15-17-26(18-16-25)37-20-23-9-3-1-4-10-23/h1-18,28,31,35H,19-20H2/t28-,31+/m1/s1. The van der Waals surface area contributed by atoms with Crippen LogP contribution in [0.5, 0.6) is 5.75 Å². The number of ether oxygens (including phenoxy) is 1. The van der Waals surface area contributed by atoms with Crippen LogP contribution in [0.3, 0.4) is 0 Å². The number of nitrogens with one attached hydrogen (secondary N) is 1. The average Bonchev–Trinajstić information content (AvgIpc) is 2.97. The van der Waals surface area contributed by atoms with E-state index in [1.165, 1.54) is 0 Å². The van der Waals surface area contributed by atoms with Crippen molar-refractivity contribution < 1.29 is 9.53 Å². The van der Waals surface area contributed by atoms with Crippen molar-refractivity contribution in [2.24, 2.45) is 5.41 Å². The van der Waals surface area contributed by atoms with Crippen molar-refractivity contribution in [3.63, 3.8) is 0 Å².